The lowest BCUT2D eigenvalue weighted by Gasteiger charge is -2.14. The molecule has 1 unspecified atom stereocenters. The zero-order valence-electron chi connectivity index (χ0n) is 19.3. The largest absolute Gasteiger partial charge is 0.481 e. The highest BCUT2D eigenvalue weighted by Gasteiger charge is 2.29. The Morgan fingerprint density at radius 1 is 1.09 bits per heavy atom. The topological polar surface area (TPSA) is 118 Å². The summed E-state index contributed by atoms with van der Waals surface area (Å²) in [6.07, 6.45) is 2.14. The molecule has 1 aliphatic rings. The number of fused-ring (bicyclic) bond motifs is 3. The number of anilines is 1. The summed E-state index contributed by atoms with van der Waals surface area (Å²) in [6, 6.07) is 15.9. The molecule has 0 saturated heterocycles. The second kappa shape index (κ2) is 11.1. The Bertz CT molecular complexity index is 1180. The molecule has 8 nitrogen and oxygen atoms in total. The molecule has 1 aromatic heterocycles. The summed E-state index contributed by atoms with van der Waals surface area (Å²) in [7, 11) is 0. The lowest BCUT2D eigenvalue weighted by Crippen LogP contribution is -2.36. The molecule has 0 radical (unpaired) electrons. The van der Waals surface area contributed by atoms with Crippen molar-refractivity contribution in [3.63, 3.8) is 0 Å². The van der Waals surface area contributed by atoms with Gasteiger partial charge >= 0.3 is 12.1 Å². The Hall–Kier alpha value is -3.72. The minimum atomic E-state index is -0.941. The van der Waals surface area contributed by atoms with Crippen LogP contribution >= 0.6 is 11.3 Å². The Morgan fingerprint density at radius 3 is 2.37 bits per heavy atom. The Kier molecular flexibility index (Phi) is 7.77. The van der Waals surface area contributed by atoms with Gasteiger partial charge in [0.1, 0.15) is 6.61 Å². The molecule has 9 heteroatoms. The van der Waals surface area contributed by atoms with Gasteiger partial charge in [-0.3, -0.25) is 14.9 Å². The van der Waals surface area contributed by atoms with E-state index in [1.807, 2.05) is 31.2 Å². The van der Waals surface area contributed by atoms with E-state index in [9.17, 15) is 14.4 Å². The summed E-state index contributed by atoms with van der Waals surface area (Å²) in [5.41, 5.74) is 4.62. The zero-order valence-corrected chi connectivity index (χ0v) is 20.1. The van der Waals surface area contributed by atoms with Gasteiger partial charge in [0.2, 0.25) is 5.91 Å². The fourth-order valence-electron chi connectivity index (χ4n) is 4.25. The summed E-state index contributed by atoms with van der Waals surface area (Å²) >= 11 is 1.28. The normalized spacial score (nSPS) is 12.9. The van der Waals surface area contributed by atoms with Gasteiger partial charge in [0, 0.05) is 29.5 Å². The van der Waals surface area contributed by atoms with Gasteiger partial charge in [-0.2, -0.15) is 0 Å². The standard InChI is InChI=1S/C26H27N3O5S/c1-2-16(13-24(31)32)28-23(30)12-11-17-14-27-25(35-17)29-26(33)34-15-22-20-9-5-3-7-18(20)19-8-4-6-10-21(19)22/h3-10,14,16,22H,2,11-13,15H2,1H3,(H,28,30)(H,31,32)(H,27,29,33). The van der Waals surface area contributed by atoms with Crippen molar-refractivity contribution < 1.29 is 24.2 Å². The maximum Gasteiger partial charge on any atom is 0.413 e. The number of ether oxygens (including phenoxy) is 1. The van der Waals surface area contributed by atoms with E-state index in [0.717, 1.165) is 16.0 Å². The first-order valence-corrected chi connectivity index (χ1v) is 12.3. The Morgan fingerprint density at radius 2 is 1.74 bits per heavy atom. The molecule has 3 aromatic rings. The van der Waals surface area contributed by atoms with Crippen LogP contribution < -0.4 is 10.6 Å². The highest BCUT2D eigenvalue weighted by Crippen LogP contribution is 2.44. The van der Waals surface area contributed by atoms with Crippen molar-refractivity contribution in [3.05, 3.63) is 70.7 Å². The molecule has 4 rings (SSSR count). The highest BCUT2D eigenvalue weighted by atomic mass is 32.1. The van der Waals surface area contributed by atoms with E-state index in [0.29, 0.717) is 18.0 Å². The lowest BCUT2D eigenvalue weighted by atomic mass is 9.98. The van der Waals surface area contributed by atoms with E-state index in [1.54, 1.807) is 6.20 Å². The number of thiazole rings is 1. The number of carboxylic acids is 1. The summed E-state index contributed by atoms with van der Waals surface area (Å²) in [5.74, 6) is -1.17. The van der Waals surface area contributed by atoms with E-state index in [2.05, 4.69) is 39.9 Å². The number of hydrogen-bond donors (Lipinski definition) is 3. The molecule has 0 spiro atoms. The Balaban J connectivity index is 1.27. The van der Waals surface area contributed by atoms with E-state index >= 15 is 0 Å². The minimum absolute atomic E-state index is 0.0217. The third kappa shape index (κ3) is 6.05. The molecule has 3 N–H and O–H groups in total. The van der Waals surface area contributed by atoms with Crippen LogP contribution in [0.15, 0.2) is 54.7 Å². The smallest absolute Gasteiger partial charge is 0.413 e. The molecule has 2 amide bonds. The quantitative estimate of drug-likeness (QED) is 0.373. The van der Waals surface area contributed by atoms with Crippen molar-refractivity contribution in [2.24, 2.45) is 0 Å². The van der Waals surface area contributed by atoms with E-state index < -0.39 is 12.1 Å². The molecule has 1 atom stereocenters. The molecular formula is C26H27N3O5S. The van der Waals surface area contributed by atoms with Crippen LogP contribution in [0.4, 0.5) is 9.93 Å². The van der Waals surface area contributed by atoms with Crippen LogP contribution in [0.25, 0.3) is 11.1 Å². The first-order chi connectivity index (χ1) is 16.9. The summed E-state index contributed by atoms with van der Waals surface area (Å²) in [6.45, 7) is 2.05. The predicted octanol–water partition coefficient (Wildman–Crippen LogP) is 4.81. The van der Waals surface area contributed by atoms with Crippen LogP contribution in [0.3, 0.4) is 0 Å². The van der Waals surface area contributed by atoms with Crippen LogP contribution in [0.1, 0.15) is 48.1 Å². The van der Waals surface area contributed by atoms with Crippen LogP contribution in [-0.4, -0.2) is 40.7 Å². The molecule has 0 fully saturated rings. The number of nitrogens with one attached hydrogen (secondary N) is 2. The van der Waals surface area contributed by atoms with Gasteiger partial charge in [-0.1, -0.05) is 55.5 Å². The van der Waals surface area contributed by atoms with E-state index in [4.69, 9.17) is 9.84 Å². The molecule has 2 aromatic carbocycles. The van der Waals surface area contributed by atoms with Crippen molar-refractivity contribution >= 4 is 34.4 Å². The van der Waals surface area contributed by atoms with Crippen LogP contribution in [0, 0.1) is 0 Å². The molecule has 0 aliphatic heterocycles. The number of amides is 2. The van der Waals surface area contributed by atoms with Crippen molar-refractivity contribution in [3.8, 4) is 11.1 Å². The number of nitrogens with zero attached hydrogens (tertiary/aromatic N) is 1. The van der Waals surface area contributed by atoms with Gasteiger partial charge in [0.15, 0.2) is 5.13 Å². The van der Waals surface area contributed by atoms with Gasteiger partial charge in [-0.25, -0.2) is 9.78 Å². The van der Waals surface area contributed by atoms with E-state index in [1.165, 1.54) is 22.5 Å². The first kappa shape index (κ1) is 24.4. The van der Waals surface area contributed by atoms with Crippen molar-refractivity contribution in [1.29, 1.82) is 0 Å². The third-order valence-electron chi connectivity index (χ3n) is 5.98. The predicted molar refractivity (Wildman–Crippen MR) is 134 cm³/mol. The van der Waals surface area contributed by atoms with Gasteiger partial charge in [0.05, 0.1) is 6.42 Å². The molecule has 1 heterocycles. The van der Waals surface area contributed by atoms with Gasteiger partial charge < -0.3 is 15.2 Å². The number of aryl methyl sites for hydroxylation is 1. The number of carboxylic acid groups (broad SMARTS) is 1. The molecular weight excluding hydrogens is 466 g/mol. The van der Waals surface area contributed by atoms with Crippen LogP contribution in [0.5, 0.6) is 0 Å². The number of aromatic nitrogens is 1. The maximum atomic E-state index is 12.4. The SMILES string of the molecule is CCC(CC(=O)O)NC(=O)CCc1cnc(NC(=O)OCC2c3ccccc3-c3ccccc32)s1. The van der Waals surface area contributed by atoms with E-state index in [-0.39, 0.29) is 37.3 Å². The first-order valence-electron chi connectivity index (χ1n) is 11.5. The molecule has 0 saturated carbocycles. The highest BCUT2D eigenvalue weighted by molar-refractivity contribution is 7.15. The second-order valence-corrected chi connectivity index (χ2v) is 9.47. The third-order valence-corrected chi connectivity index (χ3v) is 6.96. The summed E-state index contributed by atoms with van der Waals surface area (Å²) < 4.78 is 5.54. The Labute approximate surface area is 207 Å². The summed E-state index contributed by atoms with van der Waals surface area (Å²) in [5, 5.41) is 14.7. The number of rotatable bonds is 10. The monoisotopic (exact) mass is 493 g/mol. The van der Waals surface area contributed by atoms with Crippen LogP contribution in [0.2, 0.25) is 0 Å². The average molecular weight is 494 g/mol. The number of carbonyl (C=O) groups is 3. The van der Waals surface area contributed by atoms with Gasteiger partial charge in [0.25, 0.3) is 0 Å². The number of hydrogen-bond acceptors (Lipinski definition) is 6. The lowest BCUT2D eigenvalue weighted by molar-refractivity contribution is -0.137. The number of benzene rings is 2. The molecule has 0 bridgehead atoms. The molecule has 1 aliphatic carbocycles. The van der Waals surface area contributed by atoms with Crippen molar-refractivity contribution in [2.75, 3.05) is 11.9 Å². The number of aliphatic carboxylic acids is 1. The van der Waals surface area contributed by atoms with Gasteiger partial charge in [-0.05, 0) is 35.1 Å². The fourth-order valence-corrected chi connectivity index (χ4v) is 5.05. The number of carbonyl (C=O) groups excluding carboxylic acids is 2. The van der Waals surface area contributed by atoms with Crippen molar-refractivity contribution in [2.45, 2.75) is 44.6 Å². The zero-order chi connectivity index (χ0) is 24.8. The minimum Gasteiger partial charge on any atom is -0.481 e. The van der Waals surface area contributed by atoms with Crippen LogP contribution in [-0.2, 0) is 20.7 Å². The van der Waals surface area contributed by atoms with Crippen molar-refractivity contribution in [1.82, 2.24) is 10.3 Å². The fraction of sp³-hybridized carbons (Fsp3) is 0.308. The average Bonchev–Trinajstić information content (AvgIpc) is 3.42. The molecule has 35 heavy (non-hydrogen) atoms. The summed E-state index contributed by atoms with van der Waals surface area (Å²) in [4.78, 5) is 40.4. The second-order valence-electron chi connectivity index (χ2n) is 8.35. The maximum absolute atomic E-state index is 12.4. The molecule has 182 valence electrons. The van der Waals surface area contributed by atoms with Gasteiger partial charge in [-0.15, -0.1) is 11.3 Å².